The Balaban J connectivity index is 2.09. The van der Waals surface area contributed by atoms with Crippen LogP contribution in [0.15, 0.2) is 30.3 Å². The zero-order valence-corrected chi connectivity index (χ0v) is 10.6. The minimum atomic E-state index is -1.45. The van der Waals surface area contributed by atoms with Crippen molar-refractivity contribution in [3.8, 4) is 0 Å². The molecule has 82 valence electrons. The van der Waals surface area contributed by atoms with Crippen molar-refractivity contribution in [3.63, 3.8) is 0 Å². The van der Waals surface area contributed by atoms with Gasteiger partial charge >= 0.3 is 0 Å². The molecule has 1 aromatic rings. The standard InChI is InChI=1S/C12H18O2Si/c1-13-9-11-12(14-11)15(2,3)10-7-5-4-6-8-10/h4-8,11-12H,9H2,1-3H3/t11-,12-/m0/s1. The average molecular weight is 222 g/mol. The second-order valence-electron chi connectivity index (χ2n) is 4.64. The fourth-order valence-electron chi connectivity index (χ4n) is 2.10. The lowest BCUT2D eigenvalue weighted by molar-refractivity contribution is 0.171. The molecule has 3 heteroatoms. The highest BCUT2D eigenvalue weighted by atomic mass is 28.3. The van der Waals surface area contributed by atoms with Crippen LogP contribution in [0.25, 0.3) is 0 Å². The molecule has 0 amide bonds. The van der Waals surface area contributed by atoms with Crippen LogP contribution in [-0.2, 0) is 9.47 Å². The Kier molecular flexibility index (Phi) is 2.95. The molecular formula is C12H18O2Si. The Morgan fingerprint density at radius 1 is 1.27 bits per heavy atom. The maximum atomic E-state index is 5.71. The van der Waals surface area contributed by atoms with Gasteiger partial charge in [-0.25, -0.2) is 0 Å². The van der Waals surface area contributed by atoms with Crippen molar-refractivity contribution in [1.82, 2.24) is 0 Å². The fourth-order valence-corrected chi connectivity index (χ4v) is 5.02. The van der Waals surface area contributed by atoms with Crippen molar-refractivity contribution in [3.05, 3.63) is 30.3 Å². The first-order valence-corrected chi connectivity index (χ1v) is 8.44. The number of epoxide rings is 1. The highest BCUT2D eigenvalue weighted by Gasteiger charge is 2.51. The number of ether oxygens (including phenoxy) is 2. The van der Waals surface area contributed by atoms with Crippen LogP contribution in [0.1, 0.15) is 0 Å². The third-order valence-electron chi connectivity index (χ3n) is 3.14. The summed E-state index contributed by atoms with van der Waals surface area (Å²) in [6.07, 6.45) is 0.330. The van der Waals surface area contributed by atoms with E-state index in [-0.39, 0.29) is 0 Å². The first-order valence-electron chi connectivity index (χ1n) is 5.36. The Bertz CT molecular complexity index is 324. The van der Waals surface area contributed by atoms with Crippen molar-refractivity contribution in [2.75, 3.05) is 13.7 Å². The molecule has 0 radical (unpaired) electrons. The minimum absolute atomic E-state index is 0.330. The van der Waals surface area contributed by atoms with Crippen molar-refractivity contribution in [1.29, 1.82) is 0 Å². The molecule has 0 aromatic heterocycles. The van der Waals surface area contributed by atoms with Gasteiger partial charge in [-0.1, -0.05) is 48.6 Å². The summed E-state index contributed by atoms with van der Waals surface area (Å²) >= 11 is 0. The quantitative estimate of drug-likeness (QED) is 0.569. The molecule has 2 nitrogen and oxygen atoms in total. The van der Waals surface area contributed by atoms with Gasteiger partial charge in [0.1, 0.15) is 14.2 Å². The molecule has 1 aliphatic heterocycles. The van der Waals surface area contributed by atoms with E-state index in [0.29, 0.717) is 11.8 Å². The van der Waals surface area contributed by atoms with Gasteiger partial charge in [0, 0.05) is 7.11 Å². The smallest absolute Gasteiger partial charge is 0.117 e. The van der Waals surface area contributed by atoms with Gasteiger partial charge in [0.15, 0.2) is 0 Å². The summed E-state index contributed by atoms with van der Waals surface area (Å²) in [5, 5.41) is 1.47. The van der Waals surface area contributed by atoms with Crippen LogP contribution in [-0.4, -0.2) is 33.6 Å². The van der Waals surface area contributed by atoms with Crippen LogP contribution < -0.4 is 5.19 Å². The second kappa shape index (κ2) is 4.08. The molecular weight excluding hydrogens is 204 g/mol. The van der Waals surface area contributed by atoms with Crippen LogP contribution >= 0.6 is 0 Å². The molecule has 0 saturated carbocycles. The summed E-state index contributed by atoms with van der Waals surface area (Å²) in [5.74, 6) is 0. The zero-order chi connectivity index (χ0) is 10.9. The van der Waals surface area contributed by atoms with Crippen LogP contribution in [0.5, 0.6) is 0 Å². The molecule has 0 bridgehead atoms. The average Bonchev–Trinajstić information content (AvgIpc) is 3.00. The highest BCUT2D eigenvalue weighted by Crippen LogP contribution is 2.31. The van der Waals surface area contributed by atoms with E-state index in [1.807, 2.05) is 0 Å². The van der Waals surface area contributed by atoms with Crippen molar-refractivity contribution < 1.29 is 9.47 Å². The summed E-state index contributed by atoms with van der Waals surface area (Å²) < 4.78 is 10.8. The van der Waals surface area contributed by atoms with Crippen LogP contribution in [0.3, 0.4) is 0 Å². The number of hydrogen-bond donors (Lipinski definition) is 0. The lowest BCUT2D eigenvalue weighted by Crippen LogP contribution is -2.48. The van der Waals surface area contributed by atoms with E-state index in [0.717, 1.165) is 6.61 Å². The van der Waals surface area contributed by atoms with Gasteiger partial charge in [-0.15, -0.1) is 0 Å². The Hall–Kier alpha value is -0.643. The minimum Gasteiger partial charge on any atom is -0.382 e. The number of benzene rings is 1. The third kappa shape index (κ3) is 2.14. The van der Waals surface area contributed by atoms with E-state index in [2.05, 4.69) is 43.4 Å². The number of rotatable bonds is 4. The largest absolute Gasteiger partial charge is 0.382 e. The van der Waals surface area contributed by atoms with E-state index in [1.165, 1.54) is 5.19 Å². The summed E-state index contributed by atoms with van der Waals surface area (Å²) in [6.45, 7) is 5.46. The Morgan fingerprint density at radius 3 is 2.53 bits per heavy atom. The molecule has 1 heterocycles. The normalized spacial score (nSPS) is 25.3. The predicted octanol–water partition coefficient (Wildman–Crippen LogP) is 1.55. The second-order valence-corrected chi connectivity index (χ2v) is 9.23. The highest BCUT2D eigenvalue weighted by molar-refractivity contribution is 6.91. The van der Waals surface area contributed by atoms with Gasteiger partial charge in [-0.3, -0.25) is 0 Å². The maximum Gasteiger partial charge on any atom is 0.117 e. The molecule has 2 atom stereocenters. The van der Waals surface area contributed by atoms with Gasteiger partial charge in [0.25, 0.3) is 0 Å². The van der Waals surface area contributed by atoms with Crippen molar-refractivity contribution in [2.45, 2.75) is 24.9 Å². The van der Waals surface area contributed by atoms with Gasteiger partial charge < -0.3 is 9.47 Å². The van der Waals surface area contributed by atoms with E-state index >= 15 is 0 Å². The molecule has 1 aliphatic rings. The van der Waals surface area contributed by atoms with Gasteiger partial charge in [-0.2, -0.15) is 0 Å². The Morgan fingerprint density at radius 2 is 1.93 bits per heavy atom. The Labute approximate surface area is 92.2 Å². The number of hydrogen-bond acceptors (Lipinski definition) is 2. The SMILES string of the molecule is COC[C@@H]1O[C@H]1[Si](C)(C)c1ccccc1. The summed E-state index contributed by atoms with van der Waals surface area (Å²) in [7, 11) is 0.284. The molecule has 2 rings (SSSR count). The summed E-state index contributed by atoms with van der Waals surface area (Å²) in [5.41, 5.74) is 0.430. The van der Waals surface area contributed by atoms with E-state index in [1.54, 1.807) is 7.11 Å². The summed E-state index contributed by atoms with van der Waals surface area (Å²) in [6, 6.07) is 10.7. The first-order chi connectivity index (χ1) is 7.16. The van der Waals surface area contributed by atoms with Crippen LogP contribution in [0, 0.1) is 0 Å². The molecule has 0 aliphatic carbocycles. The van der Waals surface area contributed by atoms with E-state index in [9.17, 15) is 0 Å². The first kappa shape index (κ1) is 10.9. The predicted molar refractivity (Wildman–Crippen MR) is 64.1 cm³/mol. The van der Waals surface area contributed by atoms with E-state index in [4.69, 9.17) is 9.47 Å². The van der Waals surface area contributed by atoms with Crippen molar-refractivity contribution >= 4 is 13.3 Å². The maximum absolute atomic E-state index is 5.71. The molecule has 0 unspecified atom stereocenters. The van der Waals surface area contributed by atoms with Gasteiger partial charge in [0.2, 0.25) is 0 Å². The van der Waals surface area contributed by atoms with Crippen molar-refractivity contribution in [2.24, 2.45) is 0 Å². The monoisotopic (exact) mass is 222 g/mol. The fraction of sp³-hybridized carbons (Fsp3) is 0.500. The topological polar surface area (TPSA) is 21.8 Å². The lowest BCUT2D eigenvalue weighted by Gasteiger charge is -2.20. The van der Waals surface area contributed by atoms with Crippen LogP contribution in [0.4, 0.5) is 0 Å². The molecule has 1 saturated heterocycles. The van der Waals surface area contributed by atoms with Crippen LogP contribution in [0.2, 0.25) is 13.1 Å². The lowest BCUT2D eigenvalue weighted by atomic mass is 10.4. The molecule has 15 heavy (non-hydrogen) atoms. The third-order valence-corrected chi connectivity index (χ3v) is 6.89. The zero-order valence-electron chi connectivity index (χ0n) is 9.57. The van der Waals surface area contributed by atoms with Gasteiger partial charge in [-0.05, 0) is 0 Å². The van der Waals surface area contributed by atoms with Gasteiger partial charge in [0.05, 0.1) is 12.3 Å². The molecule has 0 N–H and O–H groups in total. The molecule has 0 spiro atoms. The molecule has 1 aromatic carbocycles. The van der Waals surface area contributed by atoms with E-state index < -0.39 is 8.07 Å². The molecule has 1 fully saturated rings. The number of methoxy groups -OCH3 is 1. The summed E-state index contributed by atoms with van der Waals surface area (Å²) in [4.78, 5) is 0.